The second-order valence-corrected chi connectivity index (χ2v) is 13.3. The molecule has 1 atom stereocenters. The molecule has 0 radical (unpaired) electrons. The summed E-state index contributed by atoms with van der Waals surface area (Å²) < 4.78 is 20.7. The van der Waals surface area contributed by atoms with Gasteiger partial charge in [0.05, 0.1) is 23.4 Å². The Bertz CT molecular complexity index is 2160. The molecule has 12 heteroatoms. The summed E-state index contributed by atoms with van der Waals surface area (Å²) in [4.78, 5) is 58.2. The van der Waals surface area contributed by atoms with Crippen molar-refractivity contribution in [3.05, 3.63) is 129 Å². The van der Waals surface area contributed by atoms with Crippen LogP contribution in [-0.4, -0.2) is 43.8 Å². The molecule has 2 N–H and O–H groups in total. The fraction of sp³-hybridized carbons (Fsp3) is 0.243. The predicted octanol–water partition coefficient (Wildman–Crippen LogP) is 6.88. The molecule has 5 aromatic rings. The van der Waals surface area contributed by atoms with Crippen molar-refractivity contribution in [1.29, 1.82) is 0 Å². The zero-order valence-corrected chi connectivity index (χ0v) is 28.0. The van der Waals surface area contributed by atoms with E-state index >= 15 is 0 Å². The number of rotatable bonds is 8. The number of Topliss-reactive ketones (excluding diaryl/α,β-unsaturated/α-hetero) is 1. The van der Waals surface area contributed by atoms with Gasteiger partial charge in [0.2, 0.25) is 0 Å². The first-order valence-electron chi connectivity index (χ1n) is 15.7. The van der Waals surface area contributed by atoms with E-state index in [4.69, 9.17) is 16.3 Å². The average molecular weight is 682 g/mol. The van der Waals surface area contributed by atoms with Crippen LogP contribution in [0.15, 0.2) is 72.9 Å². The minimum absolute atomic E-state index is 0.00114. The first-order chi connectivity index (χ1) is 23.3. The van der Waals surface area contributed by atoms with Gasteiger partial charge in [0.1, 0.15) is 22.8 Å². The molecule has 3 aromatic carbocycles. The van der Waals surface area contributed by atoms with Crippen LogP contribution >= 0.6 is 11.6 Å². The molecule has 6 rings (SSSR count). The van der Waals surface area contributed by atoms with E-state index < -0.39 is 35.2 Å². The van der Waals surface area contributed by atoms with Crippen LogP contribution in [0.1, 0.15) is 97.2 Å². The summed E-state index contributed by atoms with van der Waals surface area (Å²) >= 11 is 6.30. The summed E-state index contributed by atoms with van der Waals surface area (Å²) in [5.41, 5.74) is 3.08. The number of hydrogen-bond acceptors (Lipinski definition) is 7. The lowest BCUT2D eigenvalue weighted by atomic mass is 9.97. The van der Waals surface area contributed by atoms with Gasteiger partial charge in [0, 0.05) is 23.2 Å². The zero-order chi connectivity index (χ0) is 35.0. The van der Waals surface area contributed by atoms with E-state index in [-0.39, 0.29) is 40.5 Å². The topological polar surface area (TPSA) is 132 Å². The number of anilines is 1. The zero-order valence-electron chi connectivity index (χ0n) is 27.3. The Morgan fingerprint density at radius 1 is 1.00 bits per heavy atom. The number of ether oxygens (including phenoxy) is 1. The molecule has 1 aliphatic carbocycles. The molecule has 0 aliphatic heterocycles. The summed E-state index contributed by atoms with van der Waals surface area (Å²) in [7, 11) is 0. The van der Waals surface area contributed by atoms with E-state index in [2.05, 4.69) is 20.7 Å². The van der Waals surface area contributed by atoms with Crippen LogP contribution < -0.4 is 10.6 Å². The number of esters is 1. The maximum atomic E-state index is 14.0. The van der Waals surface area contributed by atoms with Crippen LogP contribution in [0.2, 0.25) is 5.02 Å². The highest BCUT2D eigenvalue weighted by atomic mass is 35.5. The normalized spacial score (nSPS) is 14.0. The minimum Gasteiger partial charge on any atom is -0.456 e. The molecule has 0 saturated heterocycles. The fourth-order valence-electron chi connectivity index (χ4n) is 5.93. The first kappa shape index (κ1) is 33.5. The molecular weight excluding hydrogens is 649 g/mol. The van der Waals surface area contributed by atoms with Gasteiger partial charge in [0.15, 0.2) is 11.4 Å². The number of benzene rings is 3. The lowest BCUT2D eigenvalue weighted by molar-refractivity contribution is 0.00682. The molecule has 49 heavy (non-hydrogen) atoms. The number of fused-ring (bicyclic) bond motifs is 2. The lowest BCUT2D eigenvalue weighted by Gasteiger charge is -2.21. The van der Waals surface area contributed by atoms with Crippen LogP contribution in [0.25, 0.3) is 5.65 Å². The number of carbonyl (C=O) groups is 4. The summed E-state index contributed by atoms with van der Waals surface area (Å²) in [6.07, 6.45) is 2.44. The second-order valence-electron chi connectivity index (χ2n) is 12.8. The average Bonchev–Trinajstić information content (AvgIpc) is 3.66. The van der Waals surface area contributed by atoms with E-state index in [0.717, 1.165) is 22.8 Å². The van der Waals surface area contributed by atoms with Crippen LogP contribution in [-0.2, 0) is 17.6 Å². The van der Waals surface area contributed by atoms with E-state index in [1.807, 2.05) is 33.8 Å². The highest BCUT2D eigenvalue weighted by molar-refractivity contribution is 6.31. The Balaban J connectivity index is 1.34. The van der Waals surface area contributed by atoms with Crippen molar-refractivity contribution in [3.8, 4) is 0 Å². The van der Waals surface area contributed by atoms with Crippen LogP contribution in [0.4, 0.5) is 10.1 Å². The third-order valence-corrected chi connectivity index (χ3v) is 8.61. The summed E-state index contributed by atoms with van der Waals surface area (Å²) in [5, 5.41) is 10.4. The van der Waals surface area contributed by atoms with Crippen molar-refractivity contribution in [3.63, 3.8) is 0 Å². The molecule has 2 heterocycles. The molecule has 0 saturated carbocycles. The van der Waals surface area contributed by atoms with E-state index in [1.54, 1.807) is 30.3 Å². The van der Waals surface area contributed by atoms with Gasteiger partial charge in [-0.15, -0.1) is 0 Å². The van der Waals surface area contributed by atoms with Crippen molar-refractivity contribution < 1.29 is 28.3 Å². The number of nitrogens with zero attached hydrogens (tertiary/aromatic N) is 3. The molecular formula is C37H33ClFN5O5. The third-order valence-electron chi connectivity index (χ3n) is 8.25. The summed E-state index contributed by atoms with van der Waals surface area (Å²) in [6, 6.07) is 16.7. The minimum atomic E-state index is -0.718. The van der Waals surface area contributed by atoms with Gasteiger partial charge >= 0.3 is 5.97 Å². The van der Waals surface area contributed by atoms with E-state index in [9.17, 15) is 23.6 Å². The third kappa shape index (κ3) is 7.07. The SMILES string of the molecule is Cc1c(C(=O)OC(C)(C)C)ccc2c1CC[C@@H]2NC(=O)c1cc(C(=O)Nc2cccc(F)c2)nc2c(C(=O)Cc3ccccc3Cl)cnn12. The first-order valence-corrected chi connectivity index (χ1v) is 16.1. The van der Waals surface area contributed by atoms with Gasteiger partial charge in [-0.2, -0.15) is 5.10 Å². The van der Waals surface area contributed by atoms with Crippen molar-refractivity contribution in [2.75, 3.05) is 5.32 Å². The number of amides is 2. The number of aromatic nitrogens is 3. The van der Waals surface area contributed by atoms with Gasteiger partial charge < -0.3 is 15.4 Å². The fourth-order valence-corrected chi connectivity index (χ4v) is 6.13. The molecule has 1 aliphatic rings. The Morgan fingerprint density at radius 2 is 1.78 bits per heavy atom. The molecule has 2 amide bonds. The number of halogens is 2. The maximum absolute atomic E-state index is 14.0. The van der Waals surface area contributed by atoms with Crippen LogP contribution in [0.3, 0.4) is 0 Å². The molecule has 0 fully saturated rings. The molecule has 250 valence electrons. The number of ketones is 1. The Morgan fingerprint density at radius 3 is 2.51 bits per heavy atom. The molecule has 0 spiro atoms. The molecule has 0 bridgehead atoms. The largest absolute Gasteiger partial charge is 0.456 e. The van der Waals surface area contributed by atoms with Crippen molar-refractivity contribution in [1.82, 2.24) is 19.9 Å². The predicted molar refractivity (Wildman–Crippen MR) is 182 cm³/mol. The Kier molecular flexibility index (Phi) is 9.04. The maximum Gasteiger partial charge on any atom is 0.338 e. The van der Waals surface area contributed by atoms with E-state index in [0.29, 0.717) is 29.0 Å². The number of nitrogens with one attached hydrogen (secondary N) is 2. The van der Waals surface area contributed by atoms with Crippen molar-refractivity contribution in [2.45, 2.75) is 58.6 Å². The summed E-state index contributed by atoms with van der Waals surface area (Å²) in [5.74, 6) is -2.61. The molecule has 2 aromatic heterocycles. The standard InChI is InChI=1S/C37H33ClFN5O5/c1-20-24-14-15-29(26(24)13-12-25(20)36(48)49-37(2,3)4)43-35(47)31-18-30(34(46)41-23-10-7-9-22(39)17-23)42-33-27(19-40-44(31)33)32(45)16-21-8-5-6-11-28(21)38/h5-13,17-19,29H,14-16H2,1-4H3,(H,41,46)(H,43,47)/t29-/m0/s1. The monoisotopic (exact) mass is 681 g/mol. The Hall–Kier alpha value is -5.42. The van der Waals surface area contributed by atoms with Crippen molar-refractivity contribution in [2.24, 2.45) is 0 Å². The van der Waals surface area contributed by atoms with Crippen LogP contribution in [0.5, 0.6) is 0 Å². The van der Waals surface area contributed by atoms with Gasteiger partial charge in [-0.1, -0.05) is 41.9 Å². The summed E-state index contributed by atoms with van der Waals surface area (Å²) in [6.45, 7) is 7.29. The Labute approximate surface area is 286 Å². The second kappa shape index (κ2) is 13.2. The molecule has 10 nitrogen and oxygen atoms in total. The van der Waals surface area contributed by atoms with Gasteiger partial charge in [-0.3, -0.25) is 14.4 Å². The van der Waals surface area contributed by atoms with E-state index in [1.165, 1.54) is 35.0 Å². The van der Waals surface area contributed by atoms with Gasteiger partial charge in [-0.25, -0.2) is 18.7 Å². The number of carbonyl (C=O) groups excluding carboxylic acids is 4. The van der Waals surface area contributed by atoms with Gasteiger partial charge in [-0.05, 0) is 93.1 Å². The quantitative estimate of drug-likeness (QED) is 0.135. The highest BCUT2D eigenvalue weighted by Crippen LogP contribution is 2.35. The smallest absolute Gasteiger partial charge is 0.338 e. The van der Waals surface area contributed by atoms with Gasteiger partial charge in [0.25, 0.3) is 11.8 Å². The molecule has 0 unspecified atom stereocenters. The highest BCUT2D eigenvalue weighted by Gasteiger charge is 2.31. The lowest BCUT2D eigenvalue weighted by Crippen LogP contribution is -2.30. The van der Waals surface area contributed by atoms with Crippen molar-refractivity contribution >= 4 is 46.5 Å². The van der Waals surface area contributed by atoms with Crippen LogP contribution in [0, 0.1) is 12.7 Å². The number of hydrogen-bond donors (Lipinski definition) is 2.